The van der Waals surface area contributed by atoms with Crippen LogP contribution in [0, 0.1) is 0 Å². The number of hydrogen-bond acceptors (Lipinski definition) is 3. The molecule has 114 valence electrons. The van der Waals surface area contributed by atoms with Gasteiger partial charge in [0.15, 0.2) is 0 Å². The number of halogens is 1. The van der Waals surface area contributed by atoms with Crippen LogP contribution >= 0.6 is 11.6 Å². The van der Waals surface area contributed by atoms with Crippen LogP contribution in [0.15, 0.2) is 48.7 Å². The number of pyridine rings is 1. The molecule has 2 aromatic rings. The van der Waals surface area contributed by atoms with Gasteiger partial charge >= 0.3 is 0 Å². The van der Waals surface area contributed by atoms with E-state index in [0.29, 0.717) is 17.3 Å². The fraction of sp³-hybridized carbons (Fsp3) is 0.188. The van der Waals surface area contributed by atoms with E-state index in [1.807, 2.05) is 18.2 Å². The van der Waals surface area contributed by atoms with E-state index in [1.54, 1.807) is 30.5 Å². The Kier molecular flexibility index (Phi) is 5.49. The van der Waals surface area contributed by atoms with Crippen molar-refractivity contribution in [2.75, 3.05) is 11.4 Å². The highest BCUT2D eigenvalue weighted by Crippen LogP contribution is 2.19. The summed E-state index contributed by atoms with van der Waals surface area (Å²) in [6.07, 6.45) is 1.66. The molecule has 1 heterocycles. The van der Waals surface area contributed by atoms with E-state index >= 15 is 0 Å². The average Bonchev–Trinajstić information content (AvgIpc) is 2.51. The van der Waals surface area contributed by atoms with Crippen molar-refractivity contribution in [1.82, 2.24) is 10.3 Å². The molecule has 5 nitrogen and oxygen atoms in total. The highest BCUT2D eigenvalue weighted by molar-refractivity contribution is 6.30. The summed E-state index contributed by atoms with van der Waals surface area (Å²) < 4.78 is 0. The van der Waals surface area contributed by atoms with Gasteiger partial charge in [0.1, 0.15) is 6.54 Å². The summed E-state index contributed by atoms with van der Waals surface area (Å²) in [7, 11) is 0. The number of carbonyl (C=O) groups is 2. The number of anilines is 1. The first-order valence-electron chi connectivity index (χ1n) is 6.76. The number of hydrogen-bond donors (Lipinski definition) is 1. The molecule has 2 rings (SSSR count). The SMILES string of the molecule is CC(=O)N(CC(=O)NCc1ccccn1)c1cccc(Cl)c1. The molecule has 0 aliphatic rings. The fourth-order valence-corrected chi connectivity index (χ4v) is 2.10. The van der Waals surface area contributed by atoms with E-state index in [2.05, 4.69) is 10.3 Å². The zero-order valence-corrected chi connectivity index (χ0v) is 12.9. The lowest BCUT2D eigenvalue weighted by molar-refractivity contribution is -0.123. The molecule has 2 amide bonds. The largest absolute Gasteiger partial charge is 0.349 e. The molecule has 0 fully saturated rings. The van der Waals surface area contributed by atoms with E-state index in [4.69, 9.17) is 11.6 Å². The molecular formula is C16H16ClN3O2. The van der Waals surface area contributed by atoms with Crippen LogP contribution in [0.3, 0.4) is 0 Å². The fourth-order valence-electron chi connectivity index (χ4n) is 1.92. The first-order chi connectivity index (χ1) is 10.6. The summed E-state index contributed by atoms with van der Waals surface area (Å²) in [5.41, 5.74) is 1.35. The highest BCUT2D eigenvalue weighted by atomic mass is 35.5. The van der Waals surface area contributed by atoms with E-state index in [9.17, 15) is 9.59 Å². The Balaban J connectivity index is 1.99. The van der Waals surface area contributed by atoms with Crippen LogP contribution in [0.25, 0.3) is 0 Å². The van der Waals surface area contributed by atoms with E-state index in [0.717, 1.165) is 5.69 Å². The first-order valence-corrected chi connectivity index (χ1v) is 7.14. The van der Waals surface area contributed by atoms with Crippen LogP contribution in [0.2, 0.25) is 5.02 Å². The van der Waals surface area contributed by atoms with Gasteiger partial charge in [0.05, 0.1) is 12.2 Å². The zero-order chi connectivity index (χ0) is 15.9. The summed E-state index contributed by atoms with van der Waals surface area (Å²) in [6, 6.07) is 12.3. The second-order valence-corrected chi connectivity index (χ2v) is 5.12. The van der Waals surface area contributed by atoms with E-state index in [-0.39, 0.29) is 18.4 Å². The van der Waals surface area contributed by atoms with Gasteiger partial charge in [-0.3, -0.25) is 14.6 Å². The molecule has 0 saturated carbocycles. The highest BCUT2D eigenvalue weighted by Gasteiger charge is 2.15. The van der Waals surface area contributed by atoms with Crippen LogP contribution in [-0.2, 0) is 16.1 Å². The average molecular weight is 318 g/mol. The Labute approximate surface area is 133 Å². The first kappa shape index (κ1) is 16.0. The maximum atomic E-state index is 12.0. The number of carbonyl (C=O) groups excluding carboxylic acids is 2. The topological polar surface area (TPSA) is 62.3 Å². The van der Waals surface area contributed by atoms with Crippen LogP contribution in [0.1, 0.15) is 12.6 Å². The van der Waals surface area contributed by atoms with E-state index in [1.165, 1.54) is 11.8 Å². The summed E-state index contributed by atoms with van der Waals surface area (Å²) in [5.74, 6) is -0.490. The molecule has 0 aliphatic heterocycles. The van der Waals surface area contributed by atoms with Gasteiger partial charge in [-0.1, -0.05) is 23.7 Å². The van der Waals surface area contributed by atoms with Crippen molar-refractivity contribution >= 4 is 29.1 Å². The number of nitrogens with one attached hydrogen (secondary N) is 1. The molecule has 1 N–H and O–H groups in total. The van der Waals surface area contributed by atoms with Gasteiger partial charge in [0, 0.05) is 23.8 Å². The smallest absolute Gasteiger partial charge is 0.240 e. The Morgan fingerprint density at radius 3 is 2.68 bits per heavy atom. The molecule has 0 bridgehead atoms. The number of aromatic nitrogens is 1. The van der Waals surface area contributed by atoms with Crippen LogP contribution in [-0.4, -0.2) is 23.3 Å². The number of rotatable bonds is 5. The van der Waals surface area contributed by atoms with Gasteiger partial charge in [-0.2, -0.15) is 0 Å². The van der Waals surface area contributed by atoms with Crippen molar-refractivity contribution in [2.45, 2.75) is 13.5 Å². The molecule has 0 saturated heterocycles. The van der Waals surface area contributed by atoms with Crippen molar-refractivity contribution < 1.29 is 9.59 Å². The standard InChI is InChI=1S/C16H16ClN3O2/c1-12(21)20(15-7-4-5-13(17)9-15)11-16(22)19-10-14-6-2-3-8-18-14/h2-9H,10-11H2,1H3,(H,19,22). The maximum Gasteiger partial charge on any atom is 0.240 e. The van der Waals surface area contributed by atoms with Crippen LogP contribution in [0.4, 0.5) is 5.69 Å². The minimum absolute atomic E-state index is 0.0670. The normalized spacial score (nSPS) is 10.1. The predicted molar refractivity (Wildman–Crippen MR) is 85.6 cm³/mol. The van der Waals surface area contributed by atoms with Crippen LogP contribution in [0.5, 0.6) is 0 Å². The third kappa shape index (κ3) is 4.56. The van der Waals surface area contributed by atoms with Crippen molar-refractivity contribution in [1.29, 1.82) is 0 Å². The molecular weight excluding hydrogens is 302 g/mol. The van der Waals surface area contributed by atoms with Crippen molar-refractivity contribution in [3.05, 3.63) is 59.4 Å². The second kappa shape index (κ2) is 7.56. The minimum atomic E-state index is -0.263. The summed E-state index contributed by atoms with van der Waals surface area (Å²) in [5, 5.41) is 3.25. The van der Waals surface area contributed by atoms with Crippen molar-refractivity contribution in [3.63, 3.8) is 0 Å². The lowest BCUT2D eigenvalue weighted by Gasteiger charge is -2.20. The molecule has 1 aromatic heterocycles. The van der Waals surface area contributed by atoms with Gasteiger partial charge < -0.3 is 10.2 Å². The van der Waals surface area contributed by atoms with Crippen LogP contribution < -0.4 is 10.2 Å². The molecule has 0 unspecified atom stereocenters. The maximum absolute atomic E-state index is 12.0. The molecule has 6 heteroatoms. The quantitative estimate of drug-likeness (QED) is 0.921. The van der Waals surface area contributed by atoms with Crippen molar-refractivity contribution in [3.8, 4) is 0 Å². The minimum Gasteiger partial charge on any atom is -0.349 e. The molecule has 1 aromatic carbocycles. The van der Waals surface area contributed by atoms with Crippen molar-refractivity contribution in [2.24, 2.45) is 0 Å². The third-order valence-corrected chi connectivity index (χ3v) is 3.23. The Hall–Kier alpha value is -2.40. The summed E-state index contributed by atoms with van der Waals surface area (Å²) >= 11 is 5.92. The summed E-state index contributed by atoms with van der Waals surface area (Å²) in [4.78, 5) is 29.3. The number of amides is 2. The number of nitrogens with zero attached hydrogens (tertiary/aromatic N) is 2. The van der Waals surface area contributed by atoms with Gasteiger partial charge in [-0.15, -0.1) is 0 Å². The van der Waals surface area contributed by atoms with E-state index < -0.39 is 0 Å². The molecule has 0 aliphatic carbocycles. The monoisotopic (exact) mass is 317 g/mol. The third-order valence-electron chi connectivity index (χ3n) is 2.99. The van der Waals surface area contributed by atoms with Gasteiger partial charge in [-0.25, -0.2) is 0 Å². The van der Waals surface area contributed by atoms with Gasteiger partial charge in [0.2, 0.25) is 11.8 Å². The Bertz CT molecular complexity index is 661. The summed E-state index contributed by atoms with van der Waals surface area (Å²) in [6.45, 7) is 1.66. The Morgan fingerprint density at radius 2 is 2.05 bits per heavy atom. The van der Waals surface area contributed by atoms with Gasteiger partial charge in [-0.05, 0) is 30.3 Å². The molecule has 0 spiro atoms. The molecule has 22 heavy (non-hydrogen) atoms. The predicted octanol–water partition coefficient (Wildman–Crippen LogP) is 2.40. The van der Waals surface area contributed by atoms with Gasteiger partial charge in [0.25, 0.3) is 0 Å². The second-order valence-electron chi connectivity index (χ2n) is 4.68. The Morgan fingerprint density at radius 1 is 1.23 bits per heavy atom. The number of benzene rings is 1. The molecule has 0 radical (unpaired) electrons. The zero-order valence-electron chi connectivity index (χ0n) is 12.1. The lowest BCUT2D eigenvalue weighted by Crippen LogP contribution is -2.39. The lowest BCUT2D eigenvalue weighted by atomic mass is 10.2. The molecule has 0 atom stereocenters.